The Kier molecular flexibility index (Phi) is 5.86. The molecule has 5 nitrogen and oxygen atoms in total. The van der Waals surface area contributed by atoms with Gasteiger partial charge in [0, 0.05) is 22.7 Å². The van der Waals surface area contributed by atoms with Crippen LogP contribution in [0.5, 0.6) is 5.75 Å². The van der Waals surface area contributed by atoms with E-state index in [2.05, 4.69) is 54.1 Å². The molecule has 1 unspecified atom stereocenters. The number of aryl methyl sites for hydroxylation is 1. The van der Waals surface area contributed by atoms with Crippen LogP contribution in [-0.2, 0) is 4.79 Å². The molecule has 6 heteroatoms. The minimum Gasteiger partial charge on any atom is -0.481 e. The van der Waals surface area contributed by atoms with Crippen LogP contribution < -0.4 is 10.5 Å². The topological polar surface area (TPSA) is 70.1 Å². The fourth-order valence-corrected chi connectivity index (χ4v) is 4.12. The predicted molar refractivity (Wildman–Crippen MR) is 122 cm³/mol. The van der Waals surface area contributed by atoms with Crippen LogP contribution in [-0.4, -0.2) is 21.6 Å². The molecule has 0 aliphatic heterocycles. The lowest BCUT2D eigenvalue weighted by Crippen LogP contribution is -2.33. The molecule has 0 aliphatic carbocycles. The van der Waals surface area contributed by atoms with Gasteiger partial charge in [0.1, 0.15) is 11.6 Å². The lowest BCUT2D eigenvalue weighted by Gasteiger charge is -2.16. The first kappa shape index (κ1) is 20.2. The molecule has 1 amide bonds. The fourth-order valence-electron chi connectivity index (χ4n) is 3.48. The maximum atomic E-state index is 11.8. The molecule has 0 saturated heterocycles. The molecule has 4 aromatic rings. The van der Waals surface area contributed by atoms with Gasteiger partial charge in [-0.15, -0.1) is 0 Å². The minimum atomic E-state index is -0.630. The Morgan fingerprint density at radius 3 is 2.67 bits per heavy atom. The molecule has 0 radical (unpaired) electrons. The Balaban J connectivity index is 1.81. The van der Waals surface area contributed by atoms with E-state index in [1.165, 1.54) is 5.56 Å². The normalized spacial score (nSPS) is 12.2. The van der Waals surface area contributed by atoms with Crippen molar-refractivity contribution >= 4 is 28.3 Å². The number of primary amides is 1. The summed E-state index contributed by atoms with van der Waals surface area (Å²) in [4.78, 5) is 16.7. The molecule has 2 N–H and O–H groups in total. The summed E-state index contributed by atoms with van der Waals surface area (Å²) in [6.07, 6.45) is 1.85. The summed E-state index contributed by atoms with van der Waals surface area (Å²) in [7, 11) is 0. The van der Waals surface area contributed by atoms with Crippen molar-refractivity contribution in [2.45, 2.75) is 39.2 Å². The average molecular weight is 420 g/mol. The van der Waals surface area contributed by atoms with E-state index in [-0.39, 0.29) is 0 Å². The van der Waals surface area contributed by atoms with Gasteiger partial charge >= 0.3 is 0 Å². The second kappa shape index (κ2) is 8.71. The zero-order chi connectivity index (χ0) is 21.1. The maximum Gasteiger partial charge on any atom is 0.258 e. The van der Waals surface area contributed by atoms with E-state index in [4.69, 9.17) is 15.5 Å². The summed E-state index contributed by atoms with van der Waals surface area (Å²) in [5.74, 6) is 1.06. The molecule has 0 fully saturated rings. The highest BCUT2D eigenvalue weighted by molar-refractivity contribution is 7.08. The number of fused-ring (bicyclic) bond motifs is 1. The van der Waals surface area contributed by atoms with Crippen LogP contribution in [0.1, 0.15) is 31.7 Å². The number of hydrogen-bond acceptors (Lipinski definition) is 4. The van der Waals surface area contributed by atoms with E-state index < -0.39 is 12.0 Å². The Labute approximate surface area is 180 Å². The number of nitrogens with zero attached hydrogens (tertiary/aromatic N) is 2. The average Bonchev–Trinajstić information content (AvgIpc) is 3.39. The van der Waals surface area contributed by atoms with E-state index >= 15 is 0 Å². The smallest absolute Gasteiger partial charge is 0.258 e. The molecule has 154 valence electrons. The predicted octanol–water partition coefficient (Wildman–Crippen LogP) is 5.49. The maximum absolute atomic E-state index is 11.8. The van der Waals surface area contributed by atoms with Gasteiger partial charge in [-0.25, -0.2) is 4.98 Å². The van der Waals surface area contributed by atoms with Crippen LogP contribution in [0.2, 0.25) is 0 Å². The van der Waals surface area contributed by atoms with Crippen LogP contribution in [0, 0.1) is 6.92 Å². The molecule has 2 aromatic carbocycles. The van der Waals surface area contributed by atoms with Crippen molar-refractivity contribution in [2.75, 3.05) is 0 Å². The molecule has 2 aromatic heterocycles. The van der Waals surface area contributed by atoms with Crippen LogP contribution in [0.25, 0.3) is 28.1 Å². The molecular formula is C24H25N3O2S. The summed E-state index contributed by atoms with van der Waals surface area (Å²) in [6, 6.07) is 16.2. The first-order valence-corrected chi connectivity index (χ1v) is 11.1. The molecule has 0 spiro atoms. The molecule has 0 aliphatic rings. The summed E-state index contributed by atoms with van der Waals surface area (Å²) in [5, 5.41) is 4.14. The van der Waals surface area contributed by atoms with Crippen LogP contribution >= 0.6 is 11.3 Å². The van der Waals surface area contributed by atoms with Crippen molar-refractivity contribution in [1.82, 2.24) is 9.55 Å². The van der Waals surface area contributed by atoms with Gasteiger partial charge in [-0.05, 0) is 55.5 Å². The minimum absolute atomic E-state index is 0.436. The van der Waals surface area contributed by atoms with Gasteiger partial charge in [-0.2, -0.15) is 11.3 Å². The number of rotatable bonds is 8. The second-order valence-electron chi connectivity index (χ2n) is 7.42. The van der Waals surface area contributed by atoms with E-state index in [9.17, 15) is 4.79 Å². The highest BCUT2D eigenvalue weighted by Crippen LogP contribution is 2.32. The summed E-state index contributed by atoms with van der Waals surface area (Å²) in [5.41, 5.74) is 10.6. The van der Waals surface area contributed by atoms with Crippen LogP contribution in [0.3, 0.4) is 0 Å². The van der Waals surface area contributed by atoms with Crippen molar-refractivity contribution in [3.8, 4) is 22.8 Å². The number of amides is 1. The molecule has 4 rings (SSSR count). The van der Waals surface area contributed by atoms with Crippen molar-refractivity contribution in [1.29, 1.82) is 0 Å². The third-order valence-electron chi connectivity index (χ3n) is 5.11. The zero-order valence-corrected chi connectivity index (χ0v) is 18.0. The molecule has 30 heavy (non-hydrogen) atoms. The van der Waals surface area contributed by atoms with Gasteiger partial charge in [0.2, 0.25) is 0 Å². The highest BCUT2D eigenvalue weighted by Gasteiger charge is 2.19. The Hall–Kier alpha value is -3.12. The number of benzene rings is 2. The number of carbonyl (C=O) groups is 1. The fraction of sp³-hybridized carbons (Fsp3) is 0.250. The quantitative estimate of drug-likeness (QED) is 0.411. The standard InChI is InChI=1S/C24H25N3O2S/c1-3-4-5-22(23(25)28)29-19-10-11-20-21(14-19)27(18-8-6-16(2)7-9-18)24(26-20)17-12-13-30-15-17/h6-15,22H,3-5H2,1-2H3,(H2,25,28). The van der Waals surface area contributed by atoms with Crippen LogP contribution in [0.4, 0.5) is 0 Å². The van der Waals surface area contributed by atoms with Crippen LogP contribution in [0.15, 0.2) is 59.3 Å². The van der Waals surface area contributed by atoms with Crippen molar-refractivity contribution in [3.63, 3.8) is 0 Å². The number of unbranched alkanes of at least 4 members (excludes halogenated alkanes) is 1. The van der Waals surface area contributed by atoms with E-state index in [0.29, 0.717) is 12.2 Å². The number of carbonyl (C=O) groups excluding carboxylic acids is 1. The van der Waals surface area contributed by atoms with Gasteiger partial charge in [-0.3, -0.25) is 9.36 Å². The lowest BCUT2D eigenvalue weighted by molar-refractivity contribution is -0.125. The summed E-state index contributed by atoms with van der Waals surface area (Å²) < 4.78 is 8.12. The SMILES string of the molecule is CCCCC(Oc1ccc2nc(-c3ccsc3)n(-c3ccc(C)cc3)c2c1)C(N)=O. The van der Waals surface area contributed by atoms with Gasteiger partial charge < -0.3 is 10.5 Å². The number of imidazole rings is 1. The largest absolute Gasteiger partial charge is 0.481 e. The number of nitrogens with two attached hydrogens (primary N) is 1. The Morgan fingerprint density at radius 1 is 1.20 bits per heavy atom. The molecule has 1 atom stereocenters. The molecule has 0 saturated carbocycles. The first-order chi connectivity index (χ1) is 14.6. The zero-order valence-electron chi connectivity index (χ0n) is 17.2. The molecule has 0 bridgehead atoms. The highest BCUT2D eigenvalue weighted by atomic mass is 32.1. The lowest BCUT2D eigenvalue weighted by atomic mass is 10.1. The van der Waals surface area contributed by atoms with Crippen molar-refractivity contribution < 1.29 is 9.53 Å². The number of ether oxygens (including phenoxy) is 1. The van der Waals surface area contributed by atoms with Gasteiger partial charge in [0.05, 0.1) is 11.0 Å². The molecular weight excluding hydrogens is 394 g/mol. The van der Waals surface area contributed by atoms with E-state index in [1.807, 2.05) is 23.6 Å². The van der Waals surface area contributed by atoms with Gasteiger partial charge in [-0.1, -0.05) is 31.0 Å². The number of aromatic nitrogens is 2. The van der Waals surface area contributed by atoms with Gasteiger partial charge in [0.25, 0.3) is 5.91 Å². The number of hydrogen-bond donors (Lipinski definition) is 1. The van der Waals surface area contributed by atoms with Crippen molar-refractivity contribution in [3.05, 3.63) is 64.9 Å². The molecule has 2 heterocycles. The van der Waals surface area contributed by atoms with E-state index in [1.54, 1.807) is 11.3 Å². The van der Waals surface area contributed by atoms with E-state index in [0.717, 1.165) is 41.0 Å². The summed E-state index contributed by atoms with van der Waals surface area (Å²) in [6.45, 7) is 4.15. The summed E-state index contributed by atoms with van der Waals surface area (Å²) >= 11 is 1.64. The monoisotopic (exact) mass is 419 g/mol. The Bertz CT molecular complexity index is 1150. The van der Waals surface area contributed by atoms with Crippen molar-refractivity contribution in [2.24, 2.45) is 5.73 Å². The number of thiophene rings is 1. The first-order valence-electron chi connectivity index (χ1n) is 10.1. The third-order valence-corrected chi connectivity index (χ3v) is 5.80. The third kappa shape index (κ3) is 4.09. The Morgan fingerprint density at radius 2 is 2.00 bits per heavy atom. The second-order valence-corrected chi connectivity index (χ2v) is 8.20. The van der Waals surface area contributed by atoms with Gasteiger partial charge in [0.15, 0.2) is 6.10 Å².